The molecule has 19 aromatic rings. The molecule has 5 heteroatoms. The van der Waals surface area contributed by atoms with Crippen LogP contribution in [0.2, 0.25) is 0 Å². The van der Waals surface area contributed by atoms with Crippen LogP contribution < -0.4 is 9.80 Å². The van der Waals surface area contributed by atoms with Gasteiger partial charge in [-0.2, -0.15) is 0 Å². The Labute approximate surface area is 574 Å². The van der Waals surface area contributed by atoms with Gasteiger partial charge in [0.2, 0.25) is 0 Å². The number of anilines is 6. The summed E-state index contributed by atoms with van der Waals surface area (Å²) in [7, 11) is 0. The van der Waals surface area contributed by atoms with Gasteiger partial charge in [-0.25, -0.2) is 0 Å². The number of rotatable bonds is 9. The van der Waals surface area contributed by atoms with Crippen molar-refractivity contribution in [2.45, 2.75) is 5.41 Å². The van der Waals surface area contributed by atoms with Gasteiger partial charge in [0.25, 0.3) is 0 Å². The van der Waals surface area contributed by atoms with Crippen LogP contribution in [0.1, 0.15) is 22.3 Å². The normalized spacial score (nSPS) is 12.8. The fourth-order valence-corrected chi connectivity index (χ4v) is 19.6. The minimum absolute atomic E-state index is 0.498. The monoisotopic (exact) mass is 1280 g/mol. The number of hydrogen-bond acceptors (Lipinski definition) is 4. The fraction of sp³-hybridized carbons (Fsp3) is 0.0108. The second kappa shape index (κ2) is 21.4. The largest absolute Gasteiger partial charge is 0.310 e. The second-order valence-electron chi connectivity index (χ2n) is 26.1. The van der Waals surface area contributed by atoms with Gasteiger partial charge in [-0.05, 0) is 173 Å². The van der Waals surface area contributed by atoms with Crippen molar-refractivity contribution in [2.24, 2.45) is 0 Å². The van der Waals surface area contributed by atoms with Gasteiger partial charge in [0, 0.05) is 74.9 Å². The third-order valence-corrected chi connectivity index (χ3v) is 23.5. The van der Waals surface area contributed by atoms with Crippen LogP contribution in [0, 0.1) is 0 Å². The van der Waals surface area contributed by atoms with E-state index in [1.807, 2.05) is 22.7 Å². The molecular formula is C93H57N3S2. The molecule has 0 saturated heterocycles. The van der Waals surface area contributed by atoms with E-state index in [0.29, 0.717) is 0 Å². The minimum atomic E-state index is -0.498. The van der Waals surface area contributed by atoms with E-state index in [0.717, 1.165) is 50.8 Å². The molecular weight excluding hydrogens is 1220 g/mol. The molecule has 0 bridgehead atoms. The highest BCUT2D eigenvalue weighted by Gasteiger charge is 2.51. The van der Waals surface area contributed by atoms with Gasteiger partial charge < -0.3 is 14.4 Å². The summed E-state index contributed by atoms with van der Waals surface area (Å²) in [6.45, 7) is 0. The predicted molar refractivity (Wildman–Crippen MR) is 418 cm³/mol. The van der Waals surface area contributed by atoms with Crippen molar-refractivity contribution in [2.75, 3.05) is 9.80 Å². The Balaban J connectivity index is 0.890. The summed E-state index contributed by atoms with van der Waals surface area (Å²) in [4.78, 5) is 5.04. The zero-order valence-electron chi connectivity index (χ0n) is 53.1. The van der Waals surface area contributed by atoms with Gasteiger partial charge in [-0.1, -0.05) is 261 Å². The molecule has 0 atom stereocenters. The summed E-state index contributed by atoms with van der Waals surface area (Å²) in [5.74, 6) is 0. The van der Waals surface area contributed by atoms with Crippen molar-refractivity contribution in [1.29, 1.82) is 0 Å². The Morgan fingerprint density at radius 3 is 1.21 bits per heavy atom. The first-order valence-corrected chi connectivity index (χ1v) is 35.3. The Morgan fingerprint density at radius 1 is 0.255 bits per heavy atom. The van der Waals surface area contributed by atoms with Crippen molar-refractivity contribution in [1.82, 2.24) is 4.57 Å². The van der Waals surface area contributed by atoms with Crippen LogP contribution in [-0.2, 0) is 5.41 Å². The quantitative estimate of drug-likeness (QED) is 0.143. The number of nitrogens with zero attached hydrogens (tertiary/aromatic N) is 3. The lowest BCUT2D eigenvalue weighted by Gasteiger charge is -2.30. The first kappa shape index (κ1) is 55.2. The maximum atomic E-state index is 2.65. The maximum Gasteiger partial charge on any atom is 0.0725 e. The van der Waals surface area contributed by atoms with Gasteiger partial charge in [0.1, 0.15) is 0 Å². The Hall–Kier alpha value is -12.1. The number of para-hydroxylation sites is 2. The van der Waals surface area contributed by atoms with E-state index in [9.17, 15) is 0 Å². The van der Waals surface area contributed by atoms with Crippen LogP contribution >= 0.6 is 22.7 Å². The predicted octanol–water partition coefficient (Wildman–Crippen LogP) is 26.4. The molecule has 98 heavy (non-hydrogen) atoms. The molecule has 3 nitrogen and oxygen atoms in total. The van der Waals surface area contributed by atoms with Crippen LogP contribution in [-0.4, -0.2) is 4.57 Å². The van der Waals surface area contributed by atoms with Gasteiger partial charge in [0.05, 0.1) is 32.5 Å². The topological polar surface area (TPSA) is 11.4 Å². The average molecular weight is 1280 g/mol. The van der Waals surface area contributed by atoms with Crippen molar-refractivity contribution in [3.63, 3.8) is 0 Å². The number of hydrogen-bond donors (Lipinski definition) is 0. The zero-order chi connectivity index (χ0) is 64.2. The highest BCUT2D eigenvalue weighted by atomic mass is 32.1. The molecule has 1 spiro atoms. The average Bonchev–Trinajstić information content (AvgIpc) is 1.52. The van der Waals surface area contributed by atoms with E-state index in [1.54, 1.807) is 0 Å². The molecule has 2 aliphatic rings. The van der Waals surface area contributed by atoms with Crippen molar-refractivity contribution >= 4 is 140 Å². The van der Waals surface area contributed by atoms with E-state index in [4.69, 9.17) is 0 Å². The van der Waals surface area contributed by atoms with E-state index >= 15 is 0 Å². The van der Waals surface area contributed by atoms with Gasteiger partial charge >= 0.3 is 0 Å². The first-order valence-electron chi connectivity index (χ1n) is 33.7. The number of benzene rings is 16. The number of thiophene rings is 2. The van der Waals surface area contributed by atoms with Crippen molar-refractivity contribution in [3.05, 3.63) is 368 Å². The van der Waals surface area contributed by atoms with Crippen LogP contribution in [0.15, 0.2) is 346 Å². The third kappa shape index (κ3) is 7.91. The van der Waals surface area contributed by atoms with Crippen molar-refractivity contribution in [3.8, 4) is 50.2 Å². The molecule has 0 N–H and O–H groups in total. The fourth-order valence-electron chi connectivity index (χ4n) is 17.1. The molecule has 2 aliphatic carbocycles. The minimum Gasteiger partial charge on any atom is -0.310 e. The van der Waals surface area contributed by atoms with Gasteiger partial charge in [0.15, 0.2) is 0 Å². The summed E-state index contributed by atoms with van der Waals surface area (Å²) in [6, 6.07) is 130. The second-order valence-corrected chi connectivity index (χ2v) is 28.2. The van der Waals surface area contributed by atoms with Crippen LogP contribution in [0.5, 0.6) is 0 Å². The molecule has 3 aromatic heterocycles. The summed E-state index contributed by atoms with van der Waals surface area (Å²) in [5.41, 5.74) is 24.7. The summed E-state index contributed by atoms with van der Waals surface area (Å²) in [6.07, 6.45) is 0. The molecule has 0 unspecified atom stereocenters. The lowest BCUT2D eigenvalue weighted by Crippen LogP contribution is -2.25. The number of fused-ring (bicyclic) bond motifs is 23. The molecule has 0 amide bonds. The van der Waals surface area contributed by atoms with Gasteiger partial charge in [-0.3, -0.25) is 0 Å². The summed E-state index contributed by atoms with van der Waals surface area (Å²) >= 11 is 3.82. The lowest BCUT2D eigenvalue weighted by molar-refractivity contribution is 0.793. The third-order valence-electron chi connectivity index (χ3n) is 21.1. The molecule has 456 valence electrons. The molecule has 0 fully saturated rings. The van der Waals surface area contributed by atoms with E-state index in [2.05, 4.69) is 360 Å². The SMILES string of the molecule is c1ccc(N(c2ccc(-c3cccc4ccccc34)cc2)c2cc3c(c4c2sc2ccccc24)c2c4sc5ccccc5c4c(N(c4ccccc4)c4ccc(-c5cccc6ccccc56)cc4)cc2n3-c2ccc3c(c2)-c2ccccc2C32c3ccccc3-c3ccccc32)cc1. The number of aromatic nitrogens is 1. The first-order chi connectivity index (χ1) is 48.6. The van der Waals surface area contributed by atoms with Gasteiger partial charge in [-0.15, -0.1) is 22.7 Å². The lowest BCUT2D eigenvalue weighted by atomic mass is 9.70. The van der Waals surface area contributed by atoms with Crippen LogP contribution in [0.4, 0.5) is 34.1 Å². The van der Waals surface area contributed by atoms with E-state index in [1.165, 1.54) is 139 Å². The molecule has 0 radical (unpaired) electrons. The molecule has 3 heterocycles. The van der Waals surface area contributed by atoms with Crippen molar-refractivity contribution < 1.29 is 0 Å². The highest BCUT2D eigenvalue weighted by molar-refractivity contribution is 7.27. The molecule has 0 saturated carbocycles. The summed E-state index contributed by atoms with van der Waals surface area (Å²) in [5, 5.41) is 12.4. The molecule has 16 aromatic carbocycles. The molecule has 0 aliphatic heterocycles. The van der Waals surface area contributed by atoms with Crippen LogP contribution in [0.25, 0.3) is 134 Å². The van der Waals surface area contributed by atoms with E-state index in [-0.39, 0.29) is 0 Å². The maximum absolute atomic E-state index is 2.65. The Kier molecular flexibility index (Phi) is 12.1. The Bertz CT molecular complexity index is 6440. The van der Waals surface area contributed by atoms with Crippen LogP contribution in [0.3, 0.4) is 0 Å². The summed E-state index contributed by atoms with van der Waals surface area (Å²) < 4.78 is 7.64. The standard InChI is InChI=1S/C93H57N3S2/c1-3-27-62(28-4-1)94(64-49-45-60(46-50-64)69-38-21-25-58-23-7-9-31-67(58)69)81-56-83-90(92-87(81)74-36-14-19-43-85(74)98-92)89-82(96(83)66-53-54-80-76(55-66)73-35-13-18-42-79(73)93(80)77-40-16-11-33-71(77)72-34-12-17-41-78(72)93)57-84(91-88(89)75-37-15-20-44-86(75)97-91)95(63-29-5-2-6-30-63)65-51-47-61(48-52-65)70-39-22-26-59-24-8-10-32-68(59)70/h1-57H. The molecule has 21 rings (SSSR count). The highest BCUT2D eigenvalue weighted by Crippen LogP contribution is 2.64. The Morgan fingerprint density at radius 2 is 0.653 bits per heavy atom. The smallest absolute Gasteiger partial charge is 0.0725 e. The van der Waals surface area contributed by atoms with E-state index < -0.39 is 5.41 Å². The zero-order valence-corrected chi connectivity index (χ0v) is 54.7.